The number of hydrogen-bond acceptors (Lipinski definition) is 4. The number of para-hydroxylation sites is 1. The van der Waals surface area contributed by atoms with E-state index in [0.717, 1.165) is 23.4 Å². The number of hydrogen-bond donors (Lipinski definition) is 2. The molecule has 0 aromatic heterocycles. The highest BCUT2D eigenvalue weighted by Crippen LogP contribution is 2.31. The lowest BCUT2D eigenvalue weighted by molar-refractivity contribution is -0.120. The molecule has 1 atom stereocenters. The first-order valence-electron chi connectivity index (χ1n) is 7.99. The largest absolute Gasteiger partial charge is 0.493 e. The van der Waals surface area contributed by atoms with Gasteiger partial charge in [0, 0.05) is 23.2 Å². The number of ether oxygens (including phenoxy) is 1. The van der Waals surface area contributed by atoms with Crippen molar-refractivity contribution < 1.29 is 14.3 Å². The van der Waals surface area contributed by atoms with Crippen molar-refractivity contribution >= 4 is 17.4 Å². The van der Waals surface area contributed by atoms with Gasteiger partial charge in [0.25, 0.3) is 0 Å². The fourth-order valence-electron chi connectivity index (χ4n) is 2.74. The van der Waals surface area contributed by atoms with Crippen LogP contribution in [-0.4, -0.2) is 24.8 Å². The summed E-state index contributed by atoms with van der Waals surface area (Å²) >= 11 is 0. The van der Waals surface area contributed by atoms with Gasteiger partial charge < -0.3 is 15.4 Å². The van der Waals surface area contributed by atoms with Gasteiger partial charge in [0.1, 0.15) is 5.75 Å². The SMILES string of the molecule is CC(=O)c1ccc(NCC(=O)NC2CCOc3ccccc32)cc1. The average Bonchev–Trinajstić information content (AvgIpc) is 2.61. The Morgan fingerprint density at radius 3 is 2.62 bits per heavy atom. The van der Waals surface area contributed by atoms with E-state index in [1.165, 1.54) is 6.92 Å². The summed E-state index contributed by atoms with van der Waals surface area (Å²) < 4.78 is 5.60. The molecule has 0 saturated heterocycles. The molecule has 2 aromatic carbocycles. The molecule has 5 heteroatoms. The third-order valence-corrected chi connectivity index (χ3v) is 4.04. The van der Waals surface area contributed by atoms with Gasteiger partial charge in [0.15, 0.2) is 5.78 Å². The van der Waals surface area contributed by atoms with Crippen LogP contribution in [0.5, 0.6) is 5.75 Å². The molecule has 3 rings (SSSR count). The lowest BCUT2D eigenvalue weighted by Crippen LogP contribution is -2.35. The minimum atomic E-state index is -0.0765. The maximum atomic E-state index is 12.2. The summed E-state index contributed by atoms with van der Waals surface area (Å²) in [5.41, 5.74) is 2.48. The van der Waals surface area contributed by atoms with Crippen molar-refractivity contribution in [1.82, 2.24) is 5.32 Å². The fourth-order valence-corrected chi connectivity index (χ4v) is 2.74. The Morgan fingerprint density at radius 2 is 1.88 bits per heavy atom. The highest BCUT2D eigenvalue weighted by Gasteiger charge is 2.22. The van der Waals surface area contributed by atoms with Gasteiger partial charge >= 0.3 is 0 Å². The third-order valence-electron chi connectivity index (χ3n) is 4.04. The molecule has 5 nitrogen and oxygen atoms in total. The molecule has 0 saturated carbocycles. The van der Waals surface area contributed by atoms with E-state index < -0.39 is 0 Å². The van der Waals surface area contributed by atoms with Crippen LogP contribution in [0.25, 0.3) is 0 Å². The minimum Gasteiger partial charge on any atom is -0.493 e. The number of carbonyl (C=O) groups is 2. The Labute approximate surface area is 141 Å². The van der Waals surface area contributed by atoms with Crippen LogP contribution in [0.1, 0.15) is 35.3 Å². The van der Waals surface area contributed by atoms with E-state index in [1.807, 2.05) is 24.3 Å². The molecule has 2 aromatic rings. The number of carbonyl (C=O) groups excluding carboxylic acids is 2. The third kappa shape index (κ3) is 3.74. The van der Waals surface area contributed by atoms with Gasteiger partial charge in [-0.3, -0.25) is 9.59 Å². The highest BCUT2D eigenvalue weighted by atomic mass is 16.5. The molecule has 0 fully saturated rings. The number of anilines is 1. The molecule has 24 heavy (non-hydrogen) atoms. The van der Waals surface area contributed by atoms with Gasteiger partial charge in [-0.2, -0.15) is 0 Å². The average molecular weight is 324 g/mol. The molecule has 0 bridgehead atoms. The summed E-state index contributed by atoms with van der Waals surface area (Å²) in [5, 5.41) is 6.11. The molecular weight excluding hydrogens is 304 g/mol. The molecule has 1 aliphatic heterocycles. The first kappa shape index (κ1) is 16.1. The Hall–Kier alpha value is -2.82. The van der Waals surface area contributed by atoms with Crippen molar-refractivity contribution in [3.8, 4) is 5.75 Å². The smallest absolute Gasteiger partial charge is 0.239 e. The number of Topliss-reactive ketones (excluding diaryl/α,β-unsaturated/α-hetero) is 1. The van der Waals surface area contributed by atoms with Crippen LogP contribution in [-0.2, 0) is 4.79 Å². The van der Waals surface area contributed by atoms with Crippen LogP contribution in [0.3, 0.4) is 0 Å². The number of nitrogens with one attached hydrogen (secondary N) is 2. The van der Waals surface area contributed by atoms with Crippen molar-refractivity contribution in [2.45, 2.75) is 19.4 Å². The zero-order valence-corrected chi connectivity index (χ0v) is 13.5. The van der Waals surface area contributed by atoms with Crippen LogP contribution in [0.15, 0.2) is 48.5 Å². The summed E-state index contributed by atoms with van der Waals surface area (Å²) in [6, 6.07) is 14.8. The van der Waals surface area contributed by atoms with Gasteiger partial charge in [-0.15, -0.1) is 0 Å². The second-order valence-corrected chi connectivity index (χ2v) is 5.78. The standard InChI is InChI=1S/C19H20N2O3/c1-13(22)14-6-8-15(9-7-14)20-12-19(23)21-17-10-11-24-18-5-3-2-4-16(17)18/h2-9,17,20H,10-12H2,1H3,(H,21,23). The quantitative estimate of drug-likeness (QED) is 0.830. The van der Waals surface area contributed by atoms with Gasteiger partial charge in [0.05, 0.1) is 19.2 Å². The Bertz CT molecular complexity index is 741. The second kappa shape index (κ2) is 7.17. The summed E-state index contributed by atoms with van der Waals surface area (Å²) in [4.78, 5) is 23.5. The minimum absolute atomic E-state index is 0.0238. The van der Waals surface area contributed by atoms with Crippen molar-refractivity contribution in [2.24, 2.45) is 0 Å². The first-order chi connectivity index (χ1) is 11.6. The van der Waals surface area contributed by atoms with E-state index >= 15 is 0 Å². The van der Waals surface area contributed by atoms with E-state index in [-0.39, 0.29) is 24.3 Å². The lowest BCUT2D eigenvalue weighted by Gasteiger charge is -2.26. The van der Waals surface area contributed by atoms with Crippen LogP contribution in [0.4, 0.5) is 5.69 Å². The summed E-state index contributed by atoms with van der Waals surface area (Å²) in [6.07, 6.45) is 0.760. The van der Waals surface area contributed by atoms with Crippen molar-refractivity contribution in [3.05, 3.63) is 59.7 Å². The van der Waals surface area contributed by atoms with E-state index in [1.54, 1.807) is 24.3 Å². The van der Waals surface area contributed by atoms with E-state index in [0.29, 0.717) is 12.2 Å². The monoisotopic (exact) mass is 324 g/mol. The Morgan fingerprint density at radius 1 is 1.12 bits per heavy atom. The number of rotatable bonds is 5. The molecule has 1 heterocycles. The Kier molecular flexibility index (Phi) is 4.79. The first-order valence-corrected chi connectivity index (χ1v) is 7.99. The van der Waals surface area contributed by atoms with E-state index in [9.17, 15) is 9.59 Å². The van der Waals surface area contributed by atoms with Crippen LogP contribution >= 0.6 is 0 Å². The van der Waals surface area contributed by atoms with Gasteiger partial charge in [-0.05, 0) is 37.3 Å². The summed E-state index contributed by atoms with van der Waals surface area (Å²) in [7, 11) is 0. The molecule has 0 radical (unpaired) electrons. The lowest BCUT2D eigenvalue weighted by atomic mass is 10.0. The normalized spacial score (nSPS) is 15.8. The van der Waals surface area contributed by atoms with Gasteiger partial charge in [0.2, 0.25) is 5.91 Å². The van der Waals surface area contributed by atoms with Crippen LogP contribution in [0.2, 0.25) is 0 Å². The topological polar surface area (TPSA) is 67.4 Å². The van der Waals surface area contributed by atoms with Crippen molar-refractivity contribution in [2.75, 3.05) is 18.5 Å². The second-order valence-electron chi connectivity index (χ2n) is 5.78. The molecule has 0 spiro atoms. The molecule has 0 aliphatic carbocycles. The number of fused-ring (bicyclic) bond motifs is 1. The highest BCUT2D eigenvalue weighted by molar-refractivity contribution is 5.94. The molecule has 2 N–H and O–H groups in total. The zero-order valence-electron chi connectivity index (χ0n) is 13.5. The maximum absolute atomic E-state index is 12.2. The number of benzene rings is 2. The Balaban J connectivity index is 1.56. The number of ketones is 1. The van der Waals surface area contributed by atoms with Crippen LogP contribution < -0.4 is 15.4 Å². The summed E-state index contributed by atoms with van der Waals surface area (Å²) in [6.45, 7) is 2.31. The van der Waals surface area contributed by atoms with Crippen molar-refractivity contribution in [1.29, 1.82) is 0 Å². The predicted molar refractivity (Wildman–Crippen MR) is 92.4 cm³/mol. The zero-order chi connectivity index (χ0) is 16.9. The molecular formula is C19H20N2O3. The molecule has 124 valence electrons. The van der Waals surface area contributed by atoms with E-state index in [4.69, 9.17) is 4.74 Å². The van der Waals surface area contributed by atoms with Gasteiger partial charge in [-0.1, -0.05) is 18.2 Å². The summed E-state index contributed by atoms with van der Waals surface area (Å²) in [5.74, 6) is 0.784. The molecule has 1 amide bonds. The fraction of sp³-hybridized carbons (Fsp3) is 0.263. The number of amides is 1. The molecule has 1 unspecified atom stereocenters. The van der Waals surface area contributed by atoms with Crippen LogP contribution in [0, 0.1) is 0 Å². The molecule has 1 aliphatic rings. The predicted octanol–water partition coefficient (Wildman–Crippen LogP) is 2.94. The van der Waals surface area contributed by atoms with Crippen molar-refractivity contribution in [3.63, 3.8) is 0 Å². The van der Waals surface area contributed by atoms with E-state index in [2.05, 4.69) is 10.6 Å². The maximum Gasteiger partial charge on any atom is 0.239 e. The van der Waals surface area contributed by atoms with Gasteiger partial charge in [-0.25, -0.2) is 0 Å².